The zero-order valence-electron chi connectivity index (χ0n) is 7.74. The number of hydrogen-bond donors (Lipinski definition) is 2. The summed E-state index contributed by atoms with van der Waals surface area (Å²) in [7, 11) is 1.58. The number of aliphatic imine (C=N–C) groups is 1. The molecule has 0 aromatic heterocycles. The van der Waals surface area contributed by atoms with Crippen molar-refractivity contribution in [1.29, 1.82) is 0 Å². The van der Waals surface area contributed by atoms with Gasteiger partial charge in [-0.15, -0.1) is 0 Å². The summed E-state index contributed by atoms with van der Waals surface area (Å²) >= 11 is 0. The number of nitrogens with two attached hydrogens (primary N) is 2. The number of aryl methyl sites for hydroxylation is 1. The number of methoxy groups -OCH3 is 1. The average molecular weight is 179 g/mol. The molecule has 0 unspecified atom stereocenters. The summed E-state index contributed by atoms with van der Waals surface area (Å²) in [5.74, 6) is 0.697. The van der Waals surface area contributed by atoms with E-state index >= 15 is 0 Å². The molecule has 4 N–H and O–H groups in total. The first-order chi connectivity index (χ1) is 6.13. The Bertz CT molecular complexity index is 330. The summed E-state index contributed by atoms with van der Waals surface area (Å²) in [5, 5.41) is 0. The van der Waals surface area contributed by atoms with Crippen LogP contribution in [0.2, 0.25) is 0 Å². The van der Waals surface area contributed by atoms with Crippen LogP contribution in [0.1, 0.15) is 5.56 Å². The molecule has 1 rings (SSSR count). The molecule has 0 fully saturated rings. The SMILES string of the molecule is COc1ccc(C)cc1N=C(N)N. The van der Waals surface area contributed by atoms with E-state index < -0.39 is 0 Å². The molecule has 0 amide bonds. The van der Waals surface area contributed by atoms with Gasteiger partial charge in [0.25, 0.3) is 0 Å². The molecule has 0 heterocycles. The van der Waals surface area contributed by atoms with Crippen LogP contribution in [-0.2, 0) is 0 Å². The van der Waals surface area contributed by atoms with Crippen LogP contribution in [-0.4, -0.2) is 13.1 Å². The molecule has 0 saturated carbocycles. The van der Waals surface area contributed by atoms with Crippen LogP contribution < -0.4 is 16.2 Å². The Kier molecular flexibility index (Phi) is 2.74. The standard InChI is InChI=1S/C9H13N3O/c1-6-3-4-8(13-2)7(5-6)12-9(10)11/h3-5H,1-2H3,(H4,10,11,12). The second-order valence-electron chi connectivity index (χ2n) is 2.71. The molecule has 1 aromatic rings. The smallest absolute Gasteiger partial charge is 0.191 e. The second-order valence-corrected chi connectivity index (χ2v) is 2.71. The predicted octanol–water partition coefficient (Wildman–Crippen LogP) is 0.909. The van der Waals surface area contributed by atoms with Gasteiger partial charge in [-0.3, -0.25) is 0 Å². The summed E-state index contributed by atoms with van der Waals surface area (Å²) in [6.45, 7) is 1.96. The average Bonchev–Trinajstić information content (AvgIpc) is 2.03. The molecule has 0 saturated heterocycles. The lowest BCUT2D eigenvalue weighted by Gasteiger charge is -2.04. The Morgan fingerprint density at radius 1 is 1.38 bits per heavy atom. The number of hydrogen-bond acceptors (Lipinski definition) is 2. The van der Waals surface area contributed by atoms with Crippen molar-refractivity contribution >= 4 is 11.6 Å². The quantitative estimate of drug-likeness (QED) is 0.523. The molecular weight excluding hydrogens is 166 g/mol. The van der Waals surface area contributed by atoms with Gasteiger partial charge < -0.3 is 16.2 Å². The van der Waals surface area contributed by atoms with Crippen LogP contribution in [0.4, 0.5) is 5.69 Å². The molecule has 0 aliphatic heterocycles. The van der Waals surface area contributed by atoms with Crippen molar-refractivity contribution < 1.29 is 4.74 Å². The fourth-order valence-corrected chi connectivity index (χ4v) is 1.03. The van der Waals surface area contributed by atoms with Crippen molar-refractivity contribution in [2.75, 3.05) is 7.11 Å². The fourth-order valence-electron chi connectivity index (χ4n) is 1.03. The van der Waals surface area contributed by atoms with E-state index in [1.165, 1.54) is 0 Å². The van der Waals surface area contributed by atoms with Crippen LogP contribution in [0.25, 0.3) is 0 Å². The minimum atomic E-state index is 0.0314. The number of guanidine groups is 1. The van der Waals surface area contributed by atoms with Gasteiger partial charge in [0.2, 0.25) is 0 Å². The minimum Gasteiger partial charge on any atom is -0.494 e. The van der Waals surface area contributed by atoms with E-state index in [0.29, 0.717) is 11.4 Å². The highest BCUT2D eigenvalue weighted by molar-refractivity contribution is 5.80. The monoisotopic (exact) mass is 179 g/mol. The van der Waals surface area contributed by atoms with Crippen molar-refractivity contribution in [3.63, 3.8) is 0 Å². The Morgan fingerprint density at radius 2 is 2.08 bits per heavy atom. The molecule has 0 atom stereocenters. The third-order valence-electron chi connectivity index (χ3n) is 1.58. The summed E-state index contributed by atoms with van der Waals surface area (Å²) in [6.07, 6.45) is 0. The first-order valence-electron chi connectivity index (χ1n) is 3.87. The van der Waals surface area contributed by atoms with Gasteiger partial charge in [-0.2, -0.15) is 0 Å². The highest BCUT2D eigenvalue weighted by atomic mass is 16.5. The van der Waals surface area contributed by atoms with E-state index in [1.54, 1.807) is 7.11 Å². The summed E-state index contributed by atoms with van der Waals surface area (Å²) < 4.78 is 5.08. The molecule has 0 aliphatic carbocycles. The van der Waals surface area contributed by atoms with Gasteiger partial charge in [0.1, 0.15) is 11.4 Å². The van der Waals surface area contributed by atoms with E-state index in [2.05, 4.69) is 4.99 Å². The number of rotatable bonds is 2. The van der Waals surface area contributed by atoms with Gasteiger partial charge in [-0.05, 0) is 24.6 Å². The van der Waals surface area contributed by atoms with Crippen molar-refractivity contribution in [1.82, 2.24) is 0 Å². The van der Waals surface area contributed by atoms with Crippen LogP contribution in [0, 0.1) is 6.92 Å². The molecule has 1 aromatic carbocycles. The van der Waals surface area contributed by atoms with Crippen LogP contribution in [0.5, 0.6) is 5.75 Å². The van der Waals surface area contributed by atoms with Crippen LogP contribution in [0.3, 0.4) is 0 Å². The first-order valence-corrected chi connectivity index (χ1v) is 3.87. The van der Waals surface area contributed by atoms with E-state index in [0.717, 1.165) is 5.56 Å². The largest absolute Gasteiger partial charge is 0.494 e. The lowest BCUT2D eigenvalue weighted by atomic mass is 10.2. The molecule has 0 radical (unpaired) electrons. The normalized spacial score (nSPS) is 9.38. The highest BCUT2D eigenvalue weighted by Gasteiger charge is 2.00. The molecule has 0 bridgehead atoms. The highest BCUT2D eigenvalue weighted by Crippen LogP contribution is 2.27. The van der Waals surface area contributed by atoms with Gasteiger partial charge in [0.05, 0.1) is 7.11 Å². The van der Waals surface area contributed by atoms with Crippen LogP contribution in [0.15, 0.2) is 23.2 Å². The second kappa shape index (κ2) is 3.80. The Balaban J connectivity index is 3.16. The molecule has 13 heavy (non-hydrogen) atoms. The molecule has 4 nitrogen and oxygen atoms in total. The predicted molar refractivity (Wildman–Crippen MR) is 53.2 cm³/mol. The maximum Gasteiger partial charge on any atom is 0.191 e. The van der Waals surface area contributed by atoms with Crippen molar-refractivity contribution in [2.45, 2.75) is 6.92 Å². The third-order valence-corrected chi connectivity index (χ3v) is 1.58. The van der Waals surface area contributed by atoms with Crippen LogP contribution >= 0.6 is 0 Å². The topological polar surface area (TPSA) is 73.6 Å². The fraction of sp³-hybridized carbons (Fsp3) is 0.222. The van der Waals surface area contributed by atoms with E-state index in [9.17, 15) is 0 Å². The van der Waals surface area contributed by atoms with E-state index in [1.807, 2.05) is 25.1 Å². The molecule has 4 heteroatoms. The minimum absolute atomic E-state index is 0.0314. The Hall–Kier alpha value is -1.71. The number of benzene rings is 1. The maximum atomic E-state index is 5.27. The lowest BCUT2D eigenvalue weighted by molar-refractivity contribution is 0.416. The molecular formula is C9H13N3O. The van der Waals surface area contributed by atoms with Gasteiger partial charge in [-0.25, -0.2) is 4.99 Å². The summed E-state index contributed by atoms with van der Waals surface area (Å²) in [6, 6.07) is 5.63. The molecule has 70 valence electrons. The third kappa shape index (κ3) is 2.37. The maximum absolute atomic E-state index is 5.27. The van der Waals surface area contributed by atoms with Gasteiger partial charge in [-0.1, -0.05) is 6.07 Å². The Morgan fingerprint density at radius 3 is 2.62 bits per heavy atom. The van der Waals surface area contributed by atoms with Crippen molar-refractivity contribution in [3.05, 3.63) is 23.8 Å². The molecule has 0 aliphatic rings. The van der Waals surface area contributed by atoms with Gasteiger partial charge >= 0.3 is 0 Å². The van der Waals surface area contributed by atoms with Gasteiger partial charge in [0.15, 0.2) is 5.96 Å². The van der Waals surface area contributed by atoms with Crippen molar-refractivity contribution in [3.8, 4) is 5.75 Å². The lowest BCUT2D eigenvalue weighted by Crippen LogP contribution is -2.21. The zero-order valence-corrected chi connectivity index (χ0v) is 7.74. The van der Waals surface area contributed by atoms with E-state index in [4.69, 9.17) is 16.2 Å². The first kappa shape index (κ1) is 9.38. The zero-order chi connectivity index (χ0) is 9.84. The summed E-state index contributed by atoms with van der Waals surface area (Å²) in [5.41, 5.74) is 12.3. The number of ether oxygens (including phenoxy) is 1. The van der Waals surface area contributed by atoms with Crippen molar-refractivity contribution in [2.24, 2.45) is 16.5 Å². The van der Waals surface area contributed by atoms with Gasteiger partial charge in [0, 0.05) is 0 Å². The Labute approximate surface area is 77.2 Å². The van der Waals surface area contributed by atoms with E-state index in [-0.39, 0.29) is 5.96 Å². The summed E-state index contributed by atoms with van der Waals surface area (Å²) in [4.78, 5) is 3.94. The molecule has 0 spiro atoms. The number of nitrogens with zero attached hydrogens (tertiary/aromatic N) is 1.